The summed E-state index contributed by atoms with van der Waals surface area (Å²) >= 11 is 3.10. The fourth-order valence-electron chi connectivity index (χ4n) is 4.80. The van der Waals surface area contributed by atoms with Gasteiger partial charge in [-0.05, 0) is 52.7 Å². The van der Waals surface area contributed by atoms with Gasteiger partial charge in [-0.3, -0.25) is 4.79 Å². The zero-order valence-corrected chi connectivity index (χ0v) is 21.6. The van der Waals surface area contributed by atoms with Gasteiger partial charge in [0.15, 0.2) is 11.2 Å². The van der Waals surface area contributed by atoms with Crippen molar-refractivity contribution in [3.05, 3.63) is 82.6 Å². The lowest BCUT2D eigenvalue weighted by atomic mass is 9.78. The summed E-state index contributed by atoms with van der Waals surface area (Å²) in [6, 6.07) is 18.8. The predicted octanol–water partition coefficient (Wildman–Crippen LogP) is 6.25. The van der Waals surface area contributed by atoms with Crippen LogP contribution in [-0.2, 0) is 4.79 Å². The Kier molecular flexibility index (Phi) is 5.46. The number of aromatic nitrogens is 2. The van der Waals surface area contributed by atoms with E-state index in [0.717, 1.165) is 20.8 Å². The molecule has 7 rings (SSSR count). The highest BCUT2D eigenvalue weighted by Crippen LogP contribution is 2.37. The number of carbonyl (C=O) groups is 1. The van der Waals surface area contributed by atoms with Gasteiger partial charge in [-0.2, -0.15) is 5.10 Å². The van der Waals surface area contributed by atoms with Crippen molar-refractivity contribution in [2.45, 2.75) is 13.0 Å². The Balaban J connectivity index is 1.26. The van der Waals surface area contributed by atoms with Crippen LogP contribution >= 0.6 is 22.7 Å². The average molecular weight is 541 g/mol. The molecule has 10 heteroatoms. The van der Waals surface area contributed by atoms with Crippen molar-refractivity contribution < 1.29 is 18.7 Å². The van der Waals surface area contributed by atoms with E-state index in [2.05, 4.69) is 20.5 Å². The Morgan fingerprint density at radius 3 is 2.16 bits per heavy atom. The van der Waals surface area contributed by atoms with Gasteiger partial charge in [0.1, 0.15) is 11.0 Å². The number of hydrazone groups is 1. The van der Waals surface area contributed by atoms with Gasteiger partial charge in [0.05, 0.1) is 21.6 Å². The summed E-state index contributed by atoms with van der Waals surface area (Å²) in [6.45, 7) is 1.79. The van der Waals surface area contributed by atoms with Crippen molar-refractivity contribution in [1.82, 2.24) is 15.4 Å². The second-order valence-electron chi connectivity index (χ2n) is 9.13. The van der Waals surface area contributed by atoms with Gasteiger partial charge in [0.25, 0.3) is 0 Å². The number of benzene rings is 2. The fraction of sp³-hybridized carbons (Fsp3) is 0.143. The lowest BCUT2D eigenvalue weighted by molar-refractivity contribution is -0.127. The number of oxazole rings is 2. The molecular formula is C28H20N4O4S2. The number of rotatable bonds is 5. The summed E-state index contributed by atoms with van der Waals surface area (Å²) < 4.78 is 12.0. The summed E-state index contributed by atoms with van der Waals surface area (Å²) in [4.78, 5) is 23.7. The number of carbonyl (C=O) groups excluding carboxylic acids is 1. The highest BCUT2D eigenvalue weighted by Gasteiger charge is 2.39. The molecule has 2 N–H and O–H groups in total. The van der Waals surface area contributed by atoms with Crippen LogP contribution in [0.4, 0.5) is 0 Å². The molecule has 0 saturated carbocycles. The third kappa shape index (κ3) is 3.85. The molecule has 4 aromatic heterocycles. The maximum atomic E-state index is 12.6. The summed E-state index contributed by atoms with van der Waals surface area (Å²) in [5.74, 6) is -0.288. The molecule has 0 saturated heterocycles. The van der Waals surface area contributed by atoms with Crippen LogP contribution < -0.4 is 5.43 Å². The Hall–Kier alpha value is -4.12. The number of aliphatic hydroxyl groups is 1. The Morgan fingerprint density at radius 2 is 1.53 bits per heavy atom. The molecule has 3 atom stereocenters. The number of aliphatic hydroxyl groups excluding tert-OH is 1. The lowest BCUT2D eigenvalue weighted by Crippen LogP contribution is -2.43. The van der Waals surface area contributed by atoms with Crippen LogP contribution in [0, 0.1) is 11.8 Å². The first-order valence-corrected chi connectivity index (χ1v) is 13.8. The van der Waals surface area contributed by atoms with Crippen molar-refractivity contribution in [3.8, 4) is 21.5 Å². The van der Waals surface area contributed by atoms with E-state index in [9.17, 15) is 9.90 Å². The van der Waals surface area contributed by atoms with Gasteiger partial charge in [-0.25, -0.2) is 15.4 Å². The van der Waals surface area contributed by atoms with Crippen molar-refractivity contribution in [1.29, 1.82) is 0 Å². The molecule has 2 aromatic carbocycles. The number of hydrogen-bond acceptors (Lipinski definition) is 9. The van der Waals surface area contributed by atoms with E-state index < -0.39 is 17.9 Å². The van der Waals surface area contributed by atoms with E-state index >= 15 is 0 Å². The van der Waals surface area contributed by atoms with Gasteiger partial charge in [-0.1, -0.05) is 31.2 Å². The predicted molar refractivity (Wildman–Crippen MR) is 147 cm³/mol. The van der Waals surface area contributed by atoms with Crippen molar-refractivity contribution >= 4 is 56.5 Å². The molecule has 1 aliphatic rings. The minimum Gasteiger partial charge on any atom is -0.435 e. The minimum atomic E-state index is -1.01. The minimum absolute atomic E-state index is 0.251. The van der Waals surface area contributed by atoms with Crippen LogP contribution in [0.3, 0.4) is 0 Å². The SMILES string of the molecule is CC1C(=O)NN=C(c2ccc3nc(-c4cccs4)oc3c2)C1C(O)c1ccc2nc(-c3cccs3)oc2c1. The fourth-order valence-corrected chi connectivity index (χ4v) is 6.10. The first kappa shape index (κ1) is 23.0. The van der Waals surface area contributed by atoms with Crippen LogP contribution in [0.2, 0.25) is 0 Å². The van der Waals surface area contributed by atoms with E-state index in [4.69, 9.17) is 8.83 Å². The number of nitrogens with zero attached hydrogens (tertiary/aromatic N) is 3. The third-order valence-electron chi connectivity index (χ3n) is 6.80. The molecule has 0 fully saturated rings. The van der Waals surface area contributed by atoms with Crippen LogP contribution in [0.1, 0.15) is 24.2 Å². The molecule has 3 unspecified atom stereocenters. The molecule has 0 spiro atoms. The van der Waals surface area contributed by atoms with Gasteiger partial charge < -0.3 is 13.9 Å². The van der Waals surface area contributed by atoms with Crippen molar-refractivity contribution in [2.75, 3.05) is 0 Å². The maximum absolute atomic E-state index is 12.6. The van der Waals surface area contributed by atoms with Gasteiger partial charge in [-0.15, -0.1) is 22.7 Å². The van der Waals surface area contributed by atoms with E-state index in [1.807, 2.05) is 65.4 Å². The summed E-state index contributed by atoms with van der Waals surface area (Å²) in [6.07, 6.45) is -1.01. The summed E-state index contributed by atoms with van der Waals surface area (Å²) in [5.41, 5.74) is 7.13. The van der Waals surface area contributed by atoms with E-state index in [1.54, 1.807) is 35.7 Å². The van der Waals surface area contributed by atoms with Crippen LogP contribution in [0.15, 0.2) is 85.4 Å². The van der Waals surface area contributed by atoms with Crippen LogP contribution in [0.25, 0.3) is 43.7 Å². The number of hydrogen-bond donors (Lipinski definition) is 2. The normalized spacial score (nSPS) is 18.6. The second kappa shape index (κ2) is 9.02. The zero-order chi connectivity index (χ0) is 25.8. The van der Waals surface area contributed by atoms with Gasteiger partial charge >= 0.3 is 0 Å². The highest BCUT2D eigenvalue weighted by molar-refractivity contribution is 7.13. The first-order valence-electron chi connectivity index (χ1n) is 12.0. The molecular weight excluding hydrogens is 520 g/mol. The molecule has 188 valence electrons. The molecule has 1 amide bonds. The largest absolute Gasteiger partial charge is 0.435 e. The molecule has 0 aliphatic carbocycles. The van der Waals surface area contributed by atoms with Gasteiger partial charge in [0.2, 0.25) is 17.7 Å². The lowest BCUT2D eigenvalue weighted by Gasteiger charge is -2.32. The molecule has 8 nitrogen and oxygen atoms in total. The highest BCUT2D eigenvalue weighted by atomic mass is 32.1. The first-order chi connectivity index (χ1) is 18.5. The average Bonchev–Trinajstić information content (AvgIpc) is 3.74. The van der Waals surface area contributed by atoms with E-state index in [1.165, 1.54) is 0 Å². The maximum Gasteiger partial charge on any atom is 0.243 e. The third-order valence-corrected chi connectivity index (χ3v) is 8.51. The number of nitrogens with one attached hydrogen (secondary N) is 1. The Bertz CT molecular complexity index is 1820. The summed E-state index contributed by atoms with van der Waals surface area (Å²) in [7, 11) is 0. The van der Waals surface area contributed by atoms with E-state index in [0.29, 0.717) is 39.7 Å². The molecule has 5 heterocycles. The molecule has 0 bridgehead atoms. The van der Waals surface area contributed by atoms with Crippen molar-refractivity contribution in [2.24, 2.45) is 16.9 Å². The molecule has 6 aromatic rings. The molecule has 1 aliphatic heterocycles. The summed E-state index contributed by atoms with van der Waals surface area (Å²) in [5, 5.41) is 19.9. The van der Waals surface area contributed by atoms with Crippen LogP contribution in [-0.4, -0.2) is 26.7 Å². The standard InChI is InChI=1S/C28H20N4O4S2/c1-14-23(25(33)16-7-9-18-20(13-16)36-28(30-18)22-5-3-11-38-22)24(31-32-26(14)34)15-6-8-17-19(12-15)35-27(29-17)21-4-2-10-37-21/h2-14,23,25,33H,1H3,(H,32,34). The monoisotopic (exact) mass is 540 g/mol. The number of amides is 1. The Labute approximate surface area is 224 Å². The topological polar surface area (TPSA) is 114 Å². The second-order valence-corrected chi connectivity index (χ2v) is 11.0. The number of fused-ring (bicyclic) bond motifs is 2. The quantitative estimate of drug-likeness (QED) is 0.267. The van der Waals surface area contributed by atoms with E-state index in [-0.39, 0.29) is 5.91 Å². The van der Waals surface area contributed by atoms with Crippen molar-refractivity contribution in [3.63, 3.8) is 0 Å². The molecule has 38 heavy (non-hydrogen) atoms. The number of thiophene rings is 2. The van der Waals surface area contributed by atoms with Crippen LogP contribution in [0.5, 0.6) is 0 Å². The zero-order valence-electron chi connectivity index (χ0n) is 20.0. The smallest absolute Gasteiger partial charge is 0.243 e. The Morgan fingerprint density at radius 1 is 0.895 bits per heavy atom. The van der Waals surface area contributed by atoms with Gasteiger partial charge in [0, 0.05) is 17.4 Å². The molecule has 0 radical (unpaired) electrons.